The minimum Gasteiger partial charge on any atom is -0.497 e. The van der Waals surface area contributed by atoms with Crippen LogP contribution < -0.4 is 10.5 Å². The molecule has 1 atom stereocenters. The Bertz CT molecular complexity index is 462. The van der Waals surface area contributed by atoms with Crippen molar-refractivity contribution in [2.45, 2.75) is 37.7 Å². The van der Waals surface area contributed by atoms with Crippen LogP contribution >= 0.6 is 0 Å². The van der Waals surface area contributed by atoms with Gasteiger partial charge in [-0.25, -0.2) is 0 Å². The zero-order valence-corrected chi connectivity index (χ0v) is 10.9. The number of hydrogen-bond acceptors (Lipinski definition) is 3. The molecule has 0 spiro atoms. The molecule has 0 aliphatic heterocycles. The lowest BCUT2D eigenvalue weighted by Gasteiger charge is -2.51. The van der Waals surface area contributed by atoms with Gasteiger partial charge in [-0.05, 0) is 48.9 Å². The quantitative estimate of drug-likeness (QED) is 0.858. The van der Waals surface area contributed by atoms with Gasteiger partial charge < -0.3 is 15.6 Å². The second-order valence-corrected chi connectivity index (χ2v) is 5.72. The van der Waals surface area contributed by atoms with Crippen LogP contribution in [0.4, 0.5) is 0 Å². The summed E-state index contributed by atoms with van der Waals surface area (Å²) in [7, 11) is 1.66. The van der Waals surface area contributed by atoms with Crippen molar-refractivity contribution in [2.75, 3.05) is 13.7 Å². The van der Waals surface area contributed by atoms with E-state index in [0.717, 1.165) is 37.0 Å². The summed E-state index contributed by atoms with van der Waals surface area (Å²) in [6, 6.07) is 6.05. The number of hydrogen-bond donors (Lipinski definition) is 2. The zero-order chi connectivity index (χ0) is 12.8. The maximum Gasteiger partial charge on any atom is 0.119 e. The standard InChI is InChI=1S/C15H21NO2/c1-18-12-4-3-11-5-8-15(17,13(11)9-12)14(10-16)6-2-7-14/h3-4,9,17H,2,5-8,10,16H2,1H3. The van der Waals surface area contributed by atoms with Crippen molar-refractivity contribution in [2.24, 2.45) is 11.1 Å². The third-order valence-corrected chi connectivity index (χ3v) is 5.10. The Labute approximate surface area is 108 Å². The van der Waals surface area contributed by atoms with Crippen molar-refractivity contribution in [3.05, 3.63) is 29.3 Å². The van der Waals surface area contributed by atoms with Crippen LogP contribution in [-0.4, -0.2) is 18.8 Å². The van der Waals surface area contributed by atoms with Crippen LogP contribution in [0.3, 0.4) is 0 Å². The monoisotopic (exact) mass is 247 g/mol. The Kier molecular flexibility index (Phi) is 2.65. The second-order valence-electron chi connectivity index (χ2n) is 5.72. The number of benzene rings is 1. The molecule has 18 heavy (non-hydrogen) atoms. The van der Waals surface area contributed by atoms with E-state index in [4.69, 9.17) is 10.5 Å². The molecule has 98 valence electrons. The van der Waals surface area contributed by atoms with E-state index in [-0.39, 0.29) is 5.41 Å². The molecule has 0 radical (unpaired) electrons. The highest BCUT2D eigenvalue weighted by atomic mass is 16.5. The molecule has 1 saturated carbocycles. The highest BCUT2D eigenvalue weighted by molar-refractivity contribution is 5.44. The van der Waals surface area contributed by atoms with Crippen LogP contribution in [-0.2, 0) is 12.0 Å². The molecule has 0 saturated heterocycles. The Morgan fingerprint density at radius 2 is 2.11 bits per heavy atom. The zero-order valence-electron chi connectivity index (χ0n) is 10.9. The first kappa shape index (κ1) is 12.0. The van der Waals surface area contributed by atoms with Crippen LogP contribution in [0.15, 0.2) is 18.2 Å². The molecule has 1 aromatic carbocycles. The van der Waals surface area contributed by atoms with Gasteiger partial charge in [0.2, 0.25) is 0 Å². The van der Waals surface area contributed by atoms with Gasteiger partial charge in [0.25, 0.3) is 0 Å². The first-order valence-corrected chi connectivity index (χ1v) is 6.75. The number of aliphatic hydroxyl groups is 1. The molecular formula is C15H21NO2. The van der Waals surface area contributed by atoms with Crippen LogP contribution in [0.5, 0.6) is 5.75 Å². The van der Waals surface area contributed by atoms with Crippen molar-refractivity contribution in [1.82, 2.24) is 0 Å². The number of fused-ring (bicyclic) bond motifs is 1. The lowest BCUT2D eigenvalue weighted by atomic mass is 9.57. The second kappa shape index (κ2) is 3.97. The smallest absolute Gasteiger partial charge is 0.119 e. The number of ether oxygens (including phenoxy) is 1. The average Bonchev–Trinajstić information content (AvgIpc) is 2.67. The molecule has 1 aromatic rings. The van der Waals surface area contributed by atoms with Crippen LogP contribution in [0.1, 0.15) is 36.8 Å². The number of aryl methyl sites for hydroxylation is 1. The van der Waals surface area contributed by atoms with Gasteiger partial charge in [-0.15, -0.1) is 0 Å². The molecule has 2 aliphatic rings. The molecule has 0 amide bonds. The normalized spacial score (nSPS) is 28.6. The largest absolute Gasteiger partial charge is 0.497 e. The van der Waals surface area contributed by atoms with Crippen molar-refractivity contribution in [1.29, 1.82) is 0 Å². The predicted molar refractivity (Wildman–Crippen MR) is 70.6 cm³/mol. The van der Waals surface area contributed by atoms with E-state index >= 15 is 0 Å². The van der Waals surface area contributed by atoms with Crippen molar-refractivity contribution in [3.8, 4) is 5.75 Å². The summed E-state index contributed by atoms with van der Waals surface area (Å²) in [5, 5.41) is 11.2. The summed E-state index contributed by atoms with van der Waals surface area (Å²) >= 11 is 0. The Hall–Kier alpha value is -1.06. The SMILES string of the molecule is COc1ccc2c(c1)C(O)(C1(CN)CCC1)CC2. The van der Waals surface area contributed by atoms with Crippen LogP contribution in [0.25, 0.3) is 0 Å². The van der Waals surface area contributed by atoms with Gasteiger partial charge in [0.05, 0.1) is 12.7 Å². The third-order valence-electron chi connectivity index (χ3n) is 5.10. The average molecular weight is 247 g/mol. The summed E-state index contributed by atoms with van der Waals surface area (Å²) in [5.41, 5.74) is 7.41. The van der Waals surface area contributed by atoms with E-state index in [1.807, 2.05) is 12.1 Å². The Morgan fingerprint density at radius 3 is 2.67 bits per heavy atom. The van der Waals surface area contributed by atoms with Crippen molar-refractivity contribution < 1.29 is 9.84 Å². The molecule has 2 aliphatic carbocycles. The van der Waals surface area contributed by atoms with E-state index in [1.165, 1.54) is 12.0 Å². The number of methoxy groups -OCH3 is 1. The number of rotatable bonds is 3. The first-order valence-electron chi connectivity index (χ1n) is 6.75. The molecule has 0 bridgehead atoms. The number of nitrogens with two attached hydrogens (primary N) is 1. The minimum absolute atomic E-state index is 0.107. The molecular weight excluding hydrogens is 226 g/mol. The van der Waals surface area contributed by atoms with E-state index in [2.05, 4.69) is 6.07 Å². The molecule has 0 heterocycles. The molecule has 3 heteroatoms. The van der Waals surface area contributed by atoms with E-state index in [9.17, 15) is 5.11 Å². The van der Waals surface area contributed by atoms with Gasteiger partial charge in [0, 0.05) is 12.0 Å². The van der Waals surface area contributed by atoms with E-state index < -0.39 is 5.60 Å². The maximum absolute atomic E-state index is 11.2. The molecule has 3 rings (SSSR count). The molecule has 1 fully saturated rings. The van der Waals surface area contributed by atoms with Gasteiger partial charge in [0.15, 0.2) is 0 Å². The molecule has 1 unspecified atom stereocenters. The van der Waals surface area contributed by atoms with E-state index in [1.54, 1.807) is 7.11 Å². The fraction of sp³-hybridized carbons (Fsp3) is 0.600. The van der Waals surface area contributed by atoms with Crippen molar-refractivity contribution >= 4 is 0 Å². The molecule has 3 nitrogen and oxygen atoms in total. The highest BCUT2D eigenvalue weighted by Gasteiger charge is 2.56. The lowest BCUT2D eigenvalue weighted by molar-refractivity contribution is -0.128. The first-order chi connectivity index (χ1) is 8.65. The van der Waals surface area contributed by atoms with Crippen LogP contribution in [0, 0.1) is 5.41 Å². The fourth-order valence-electron chi connectivity index (χ4n) is 3.68. The third kappa shape index (κ3) is 1.38. The summed E-state index contributed by atoms with van der Waals surface area (Å²) in [6.45, 7) is 0.570. The topological polar surface area (TPSA) is 55.5 Å². The fourth-order valence-corrected chi connectivity index (χ4v) is 3.68. The maximum atomic E-state index is 11.2. The van der Waals surface area contributed by atoms with Gasteiger partial charge in [-0.2, -0.15) is 0 Å². The molecule has 3 N–H and O–H groups in total. The lowest BCUT2D eigenvalue weighted by Crippen LogP contribution is -2.53. The van der Waals surface area contributed by atoms with Gasteiger partial charge in [0.1, 0.15) is 5.75 Å². The summed E-state index contributed by atoms with van der Waals surface area (Å²) in [5.74, 6) is 0.820. The van der Waals surface area contributed by atoms with Crippen molar-refractivity contribution in [3.63, 3.8) is 0 Å². The predicted octanol–water partition coefficient (Wildman–Crippen LogP) is 1.96. The van der Waals surface area contributed by atoms with Crippen LogP contribution in [0.2, 0.25) is 0 Å². The van der Waals surface area contributed by atoms with Gasteiger partial charge in [-0.3, -0.25) is 0 Å². The summed E-state index contributed by atoms with van der Waals surface area (Å²) in [6.07, 6.45) is 5.00. The molecule has 0 aromatic heterocycles. The minimum atomic E-state index is -0.746. The Morgan fingerprint density at radius 1 is 1.33 bits per heavy atom. The van der Waals surface area contributed by atoms with Gasteiger partial charge in [-0.1, -0.05) is 12.5 Å². The highest BCUT2D eigenvalue weighted by Crippen LogP contribution is 2.58. The summed E-state index contributed by atoms with van der Waals surface area (Å²) in [4.78, 5) is 0. The summed E-state index contributed by atoms with van der Waals surface area (Å²) < 4.78 is 5.29. The Balaban J connectivity index is 2.07. The van der Waals surface area contributed by atoms with E-state index in [0.29, 0.717) is 6.54 Å². The van der Waals surface area contributed by atoms with Gasteiger partial charge >= 0.3 is 0 Å².